The molecule has 0 aliphatic rings. The lowest BCUT2D eigenvalue weighted by molar-refractivity contribution is 0.628. The van der Waals surface area contributed by atoms with Crippen LogP contribution in [-0.4, -0.2) is 9.97 Å². The van der Waals surface area contributed by atoms with E-state index >= 15 is 0 Å². The van der Waals surface area contributed by atoms with Crippen LogP contribution in [-0.2, 0) is 0 Å². The van der Waals surface area contributed by atoms with Crippen molar-refractivity contribution in [2.75, 3.05) is 0 Å². The minimum Gasteiger partial charge on any atom is -0.305 e. The van der Waals surface area contributed by atoms with Crippen LogP contribution in [0.2, 0.25) is 0 Å². The van der Waals surface area contributed by atoms with Gasteiger partial charge in [-0.15, -0.1) is 0 Å². The van der Waals surface area contributed by atoms with Gasteiger partial charge in [0.15, 0.2) is 0 Å². The molecule has 0 fully saturated rings. The molecule has 0 amide bonds. The Kier molecular flexibility index (Phi) is 3.02. The molecular weight excluding hydrogens is 289 g/mol. The minimum atomic E-state index is -0.548. The monoisotopic (exact) mass is 293 g/mol. The maximum Gasteiger partial charge on any atom is 0.269 e. The minimum absolute atomic E-state index is 0.0822. The molecule has 0 aliphatic heterocycles. The van der Waals surface area contributed by atoms with Crippen molar-refractivity contribution in [3.05, 3.63) is 50.6 Å². The van der Waals surface area contributed by atoms with E-state index in [4.69, 9.17) is 5.26 Å². The molecule has 0 bridgehead atoms. The summed E-state index contributed by atoms with van der Waals surface area (Å²) >= 11 is 3.23. The van der Waals surface area contributed by atoms with Gasteiger partial charge in [0.2, 0.25) is 0 Å². The summed E-state index contributed by atoms with van der Waals surface area (Å²) in [6.07, 6.45) is 1.16. The molecule has 4 nitrogen and oxygen atoms in total. The van der Waals surface area contributed by atoms with Crippen molar-refractivity contribution in [1.29, 1.82) is 5.26 Å². The molecule has 0 atom stereocenters. The van der Waals surface area contributed by atoms with E-state index in [-0.39, 0.29) is 11.4 Å². The topological polar surface area (TPSA) is 69.5 Å². The van der Waals surface area contributed by atoms with Crippen molar-refractivity contribution in [2.45, 2.75) is 0 Å². The average molecular weight is 294 g/mol. The number of rotatable bonds is 1. The number of nitriles is 1. The predicted octanol–water partition coefficient (Wildman–Crippen LogP) is 2.21. The predicted molar refractivity (Wildman–Crippen MR) is 62.7 cm³/mol. The van der Waals surface area contributed by atoms with Gasteiger partial charge in [0, 0.05) is 10.0 Å². The second-order valence-electron chi connectivity index (χ2n) is 3.21. The van der Waals surface area contributed by atoms with E-state index in [2.05, 4.69) is 25.9 Å². The first-order valence-electron chi connectivity index (χ1n) is 4.56. The highest BCUT2D eigenvalue weighted by Crippen LogP contribution is 2.25. The average Bonchev–Trinajstić information content (AvgIpc) is 2.32. The first-order valence-corrected chi connectivity index (χ1v) is 5.36. The molecule has 0 saturated heterocycles. The van der Waals surface area contributed by atoms with E-state index in [0.29, 0.717) is 10.0 Å². The Hall–Kier alpha value is -2.00. The van der Waals surface area contributed by atoms with Crippen molar-refractivity contribution in [1.82, 2.24) is 9.97 Å². The van der Waals surface area contributed by atoms with E-state index in [1.165, 1.54) is 18.2 Å². The van der Waals surface area contributed by atoms with Crippen molar-refractivity contribution in [3.8, 4) is 17.5 Å². The van der Waals surface area contributed by atoms with Crippen molar-refractivity contribution >= 4 is 15.9 Å². The van der Waals surface area contributed by atoms with Crippen molar-refractivity contribution in [3.63, 3.8) is 0 Å². The van der Waals surface area contributed by atoms with Crippen LogP contribution < -0.4 is 5.56 Å². The number of hydrogen-bond donors (Lipinski definition) is 1. The molecule has 6 heteroatoms. The number of nitrogens with zero attached hydrogens (tertiary/aromatic N) is 2. The van der Waals surface area contributed by atoms with E-state index in [0.717, 1.165) is 6.20 Å². The Morgan fingerprint density at radius 2 is 2.24 bits per heavy atom. The van der Waals surface area contributed by atoms with Crippen LogP contribution in [0.25, 0.3) is 11.4 Å². The quantitative estimate of drug-likeness (QED) is 0.876. The van der Waals surface area contributed by atoms with Crippen LogP contribution in [0.3, 0.4) is 0 Å². The van der Waals surface area contributed by atoms with Crippen molar-refractivity contribution in [2.24, 2.45) is 0 Å². The molecule has 84 valence electrons. The van der Waals surface area contributed by atoms with E-state index in [9.17, 15) is 9.18 Å². The van der Waals surface area contributed by atoms with Crippen LogP contribution in [0.1, 0.15) is 5.56 Å². The Balaban J connectivity index is 2.62. The van der Waals surface area contributed by atoms with Gasteiger partial charge in [-0.25, -0.2) is 9.37 Å². The molecule has 0 unspecified atom stereocenters. The van der Waals surface area contributed by atoms with Crippen LogP contribution in [0, 0.1) is 17.1 Å². The third-order valence-electron chi connectivity index (χ3n) is 2.10. The number of aromatic nitrogens is 2. The molecule has 2 aromatic rings. The molecule has 17 heavy (non-hydrogen) atoms. The lowest BCUT2D eigenvalue weighted by Gasteiger charge is -2.03. The lowest BCUT2D eigenvalue weighted by atomic mass is 10.2. The molecule has 1 aromatic heterocycles. The Morgan fingerprint density at radius 3 is 2.88 bits per heavy atom. The molecule has 0 spiro atoms. The molecule has 0 aliphatic carbocycles. The third-order valence-corrected chi connectivity index (χ3v) is 2.79. The van der Waals surface area contributed by atoms with Crippen LogP contribution in [0.5, 0.6) is 0 Å². The fourth-order valence-electron chi connectivity index (χ4n) is 1.29. The second-order valence-corrected chi connectivity index (χ2v) is 4.06. The number of nitrogens with one attached hydrogen (secondary N) is 1. The molecule has 0 saturated carbocycles. The van der Waals surface area contributed by atoms with Gasteiger partial charge in [0.05, 0.1) is 6.20 Å². The van der Waals surface area contributed by atoms with Gasteiger partial charge in [0.1, 0.15) is 23.3 Å². The van der Waals surface area contributed by atoms with Gasteiger partial charge in [-0.3, -0.25) is 4.79 Å². The van der Waals surface area contributed by atoms with Gasteiger partial charge in [-0.2, -0.15) is 5.26 Å². The maximum atomic E-state index is 13.1. The molecule has 1 aromatic carbocycles. The SMILES string of the molecule is N#Cc1cnc(-c2cc(F)ccc2Br)[nH]c1=O. The fraction of sp³-hybridized carbons (Fsp3) is 0. The largest absolute Gasteiger partial charge is 0.305 e. The van der Waals surface area contributed by atoms with Gasteiger partial charge in [0.25, 0.3) is 5.56 Å². The van der Waals surface area contributed by atoms with Crippen LogP contribution >= 0.6 is 15.9 Å². The van der Waals surface area contributed by atoms with Crippen LogP contribution in [0.4, 0.5) is 4.39 Å². The first-order chi connectivity index (χ1) is 8.11. The highest BCUT2D eigenvalue weighted by molar-refractivity contribution is 9.10. The summed E-state index contributed by atoms with van der Waals surface area (Å²) in [6.45, 7) is 0. The van der Waals surface area contributed by atoms with Crippen LogP contribution in [0.15, 0.2) is 33.7 Å². The number of hydrogen-bond acceptors (Lipinski definition) is 3. The summed E-state index contributed by atoms with van der Waals surface area (Å²) in [5, 5.41) is 8.60. The summed E-state index contributed by atoms with van der Waals surface area (Å²) in [5.41, 5.74) is -0.207. The Bertz CT molecular complexity index is 675. The zero-order chi connectivity index (χ0) is 12.4. The highest BCUT2D eigenvalue weighted by atomic mass is 79.9. The second kappa shape index (κ2) is 4.47. The van der Waals surface area contributed by atoms with Gasteiger partial charge in [-0.05, 0) is 18.2 Å². The van der Waals surface area contributed by atoms with Gasteiger partial charge >= 0.3 is 0 Å². The number of benzene rings is 1. The zero-order valence-corrected chi connectivity index (χ0v) is 9.95. The Morgan fingerprint density at radius 1 is 1.47 bits per heavy atom. The number of aromatic amines is 1. The number of halogens is 2. The van der Waals surface area contributed by atoms with E-state index in [1.54, 1.807) is 6.07 Å². The third kappa shape index (κ3) is 2.24. The smallest absolute Gasteiger partial charge is 0.269 e. The molecule has 1 N–H and O–H groups in total. The standard InChI is InChI=1S/C11H5BrFN3O/c12-9-2-1-7(13)3-8(9)10-15-5-6(4-14)11(17)16-10/h1-3,5H,(H,15,16,17). The van der Waals surface area contributed by atoms with Gasteiger partial charge in [-0.1, -0.05) is 15.9 Å². The molecule has 0 radical (unpaired) electrons. The van der Waals surface area contributed by atoms with Gasteiger partial charge < -0.3 is 4.98 Å². The number of H-pyrrole nitrogens is 1. The summed E-state index contributed by atoms with van der Waals surface area (Å²) < 4.78 is 13.7. The van der Waals surface area contributed by atoms with Crippen molar-refractivity contribution < 1.29 is 4.39 Å². The lowest BCUT2D eigenvalue weighted by Crippen LogP contribution is -2.12. The zero-order valence-electron chi connectivity index (χ0n) is 8.37. The fourth-order valence-corrected chi connectivity index (χ4v) is 1.72. The summed E-state index contributed by atoms with van der Waals surface area (Å²) in [6, 6.07) is 5.76. The Labute approximate surface area is 104 Å². The normalized spacial score (nSPS) is 9.94. The summed E-state index contributed by atoms with van der Waals surface area (Å²) in [4.78, 5) is 17.7. The summed E-state index contributed by atoms with van der Waals surface area (Å²) in [5.74, 6) is -0.226. The van der Waals surface area contributed by atoms with E-state index in [1.807, 2.05) is 0 Å². The first kappa shape index (κ1) is 11.5. The maximum absolute atomic E-state index is 13.1. The molecular formula is C11H5BrFN3O. The summed E-state index contributed by atoms with van der Waals surface area (Å²) in [7, 11) is 0. The highest BCUT2D eigenvalue weighted by Gasteiger charge is 2.08. The van der Waals surface area contributed by atoms with E-state index < -0.39 is 11.4 Å². The molecule has 1 heterocycles. The molecule has 2 rings (SSSR count).